The fourth-order valence-electron chi connectivity index (χ4n) is 0.651. The number of nitrogens with one attached hydrogen (secondary N) is 1. The molecule has 0 aliphatic carbocycles. The van der Waals surface area contributed by atoms with Gasteiger partial charge < -0.3 is 4.74 Å². The summed E-state index contributed by atoms with van der Waals surface area (Å²) in [4.78, 5) is 0. The Morgan fingerprint density at radius 1 is 1.58 bits per heavy atom. The number of hydrogen-bond acceptors (Lipinski definition) is 3. The zero-order chi connectivity index (χ0) is 9.61. The lowest BCUT2D eigenvalue weighted by Crippen LogP contribution is -2.30. The SMILES string of the molecule is COCC(C)CNS(=O)(=O)CCl. The molecule has 0 bridgehead atoms. The Hall–Kier alpha value is 0.160. The summed E-state index contributed by atoms with van der Waals surface area (Å²) in [6, 6.07) is 0. The van der Waals surface area contributed by atoms with Crippen molar-refractivity contribution in [3.8, 4) is 0 Å². The van der Waals surface area contributed by atoms with Crippen molar-refractivity contribution in [3.05, 3.63) is 0 Å². The molecule has 0 aliphatic rings. The number of rotatable bonds is 6. The quantitative estimate of drug-likeness (QED) is 0.652. The normalized spacial score (nSPS) is 14.6. The largest absolute Gasteiger partial charge is 0.384 e. The molecule has 0 saturated carbocycles. The zero-order valence-electron chi connectivity index (χ0n) is 7.21. The van der Waals surface area contributed by atoms with E-state index in [1.807, 2.05) is 6.92 Å². The highest BCUT2D eigenvalue weighted by Crippen LogP contribution is 1.95. The van der Waals surface area contributed by atoms with Crippen molar-refractivity contribution in [1.29, 1.82) is 0 Å². The van der Waals surface area contributed by atoms with E-state index in [0.29, 0.717) is 13.2 Å². The average molecular weight is 216 g/mol. The molecule has 0 aromatic heterocycles. The van der Waals surface area contributed by atoms with Crippen LogP contribution >= 0.6 is 11.6 Å². The van der Waals surface area contributed by atoms with Crippen LogP contribution in [0.25, 0.3) is 0 Å². The molecule has 0 aliphatic heterocycles. The Bertz CT molecular complexity index is 205. The van der Waals surface area contributed by atoms with Crippen molar-refractivity contribution in [2.24, 2.45) is 5.92 Å². The lowest BCUT2D eigenvalue weighted by atomic mass is 10.2. The first-order valence-corrected chi connectivity index (χ1v) is 5.72. The summed E-state index contributed by atoms with van der Waals surface area (Å²) in [6.45, 7) is 2.79. The van der Waals surface area contributed by atoms with Crippen molar-refractivity contribution in [3.63, 3.8) is 0 Å². The van der Waals surface area contributed by atoms with E-state index in [1.54, 1.807) is 7.11 Å². The minimum absolute atomic E-state index is 0.160. The van der Waals surface area contributed by atoms with Gasteiger partial charge in [-0.3, -0.25) is 0 Å². The Labute approximate surface area is 78.3 Å². The Morgan fingerprint density at radius 2 is 2.17 bits per heavy atom. The molecule has 4 nitrogen and oxygen atoms in total. The Morgan fingerprint density at radius 3 is 2.58 bits per heavy atom. The summed E-state index contributed by atoms with van der Waals surface area (Å²) in [5.41, 5.74) is 0. The van der Waals surface area contributed by atoms with E-state index >= 15 is 0 Å². The summed E-state index contributed by atoms with van der Waals surface area (Å²) in [6.07, 6.45) is 0. The van der Waals surface area contributed by atoms with Crippen LogP contribution in [0.1, 0.15) is 6.92 Å². The molecule has 0 aromatic rings. The van der Waals surface area contributed by atoms with Gasteiger partial charge in [-0.05, 0) is 5.92 Å². The molecule has 1 atom stereocenters. The van der Waals surface area contributed by atoms with Crippen molar-refractivity contribution in [2.45, 2.75) is 6.92 Å². The predicted octanol–water partition coefficient (Wildman–Crippen LogP) is 0.385. The van der Waals surface area contributed by atoms with E-state index < -0.39 is 15.2 Å². The summed E-state index contributed by atoms with van der Waals surface area (Å²) >= 11 is 5.17. The molecular weight excluding hydrogens is 202 g/mol. The highest BCUT2D eigenvalue weighted by atomic mass is 35.5. The molecule has 6 heteroatoms. The standard InChI is InChI=1S/C6H14ClNO3S/c1-6(4-11-2)3-8-12(9,10)5-7/h6,8H,3-5H2,1-2H3. The smallest absolute Gasteiger partial charge is 0.225 e. The molecule has 74 valence electrons. The maximum absolute atomic E-state index is 10.8. The van der Waals surface area contributed by atoms with E-state index in [0.717, 1.165) is 0 Å². The van der Waals surface area contributed by atoms with Crippen LogP contribution in [0.4, 0.5) is 0 Å². The lowest BCUT2D eigenvalue weighted by molar-refractivity contribution is 0.161. The van der Waals surface area contributed by atoms with Gasteiger partial charge in [-0.2, -0.15) is 0 Å². The molecule has 0 saturated heterocycles. The van der Waals surface area contributed by atoms with E-state index in [-0.39, 0.29) is 5.92 Å². The predicted molar refractivity (Wildman–Crippen MR) is 48.7 cm³/mol. The van der Waals surface area contributed by atoms with Crippen LogP contribution in [-0.4, -0.2) is 33.9 Å². The monoisotopic (exact) mass is 215 g/mol. The fraction of sp³-hybridized carbons (Fsp3) is 1.00. The lowest BCUT2D eigenvalue weighted by Gasteiger charge is -2.10. The van der Waals surface area contributed by atoms with Gasteiger partial charge >= 0.3 is 0 Å². The van der Waals surface area contributed by atoms with Crippen LogP contribution in [0.5, 0.6) is 0 Å². The van der Waals surface area contributed by atoms with E-state index in [1.165, 1.54) is 0 Å². The Kier molecular flexibility index (Phi) is 5.82. The van der Waals surface area contributed by atoms with Crippen LogP contribution in [0.15, 0.2) is 0 Å². The zero-order valence-corrected chi connectivity index (χ0v) is 8.78. The number of sulfonamides is 1. The summed E-state index contributed by atoms with van der Waals surface area (Å²) in [5.74, 6) is 0.160. The van der Waals surface area contributed by atoms with Gasteiger partial charge in [0.1, 0.15) is 5.21 Å². The van der Waals surface area contributed by atoms with Gasteiger partial charge in [0.25, 0.3) is 0 Å². The second-order valence-corrected chi connectivity index (χ2v) is 5.02. The first kappa shape index (κ1) is 12.2. The van der Waals surface area contributed by atoms with Gasteiger partial charge in [-0.25, -0.2) is 13.1 Å². The van der Waals surface area contributed by atoms with Gasteiger partial charge in [-0.15, -0.1) is 11.6 Å². The molecule has 0 radical (unpaired) electrons. The molecule has 12 heavy (non-hydrogen) atoms. The van der Waals surface area contributed by atoms with Crippen molar-refractivity contribution in [1.82, 2.24) is 4.72 Å². The second-order valence-electron chi connectivity index (χ2n) is 2.63. The maximum Gasteiger partial charge on any atom is 0.225 e. The first-order chi connectivity index (χ1) is 5.52. The van der Waals surface area contributed by atoms with Crippen LogP contribution in [0, 0.1) is 5.92 Å². The Balaban J connectivity index is 3.68. The van der Waals surface area contributed by atoms with Crippen molar-refractivity contribution in [2.75, 3.05) is 25.5 Å². The molecular formula is C6H14ClNO3S. The molecule has 1 unspecified atom stereocenters. The maximum atomic E-state index is 10.8. The minimum Gasteiger partial charge on any atom is -0.384 e. The van der Waals surface area contributed by atoms with Crippen molar-refractivity contribution < 1.29 is 13.2 Å². The van der Waals surface area contributed by atoms with Gasteiger partial charge in [0.15, 0.2) is 0 Å². The summed E-state index contributed by atoms with van der Waals surface area (Å²) < 4.78 is 28.8. The van der Waals surface area contributed by atoms with Crippen molar-refractivity contribution >= 4 is 21.6 Å². The molecule has 0 spiro atoms. The van der Waals surface area contributed by atoms with Gasteiger partial charge in [0.2, 0.25) is 10.0 Å². The highest BCUT2D eigenvalue weighted by molar-refractivity contribution is 7.90. The van der Waals surface area contributed by atoms with Gasteiger partial charge in [-0.1, -0.05) is 6.92 Å². The van der Waals surface area contributed by atoms with Gasteiger partial charge in [0, 0.05) is 20.3 Å². The number of alkyl halides is 1. The van der Waals surface area contributed by atoms with Crippen LogP contribution in [-0.2, 0) is 14.8 Å². The number of ether oxygens (including phenoxy) is 1. The van der Waals surface area contributed by atoms with E-state index in [9.17, 15) is 8.42 Å². The van der Waals surface area contributed by atoms with Crippen LogP contribution < -0.4 is 4.72 Å². The molecule has 0 heterocycles. The van der Waals surface area contributed by atoms with Crippen LogP contribution in [0.2, 0.25) is 0 Å². The third kappa shape index (κ3) is 5.77. The molecule has 0 amide bonds. The third-order valence-electron chi connectivity index (χ3n) is 1.25. The second kappa shape index (κ2) is 5.75. The minimum atomic E-state index is -3.27. The van der Waals surface area contributed by atoms with Gasteiger partial charge in [0.05, 0.1) is 0 Å². The molecule has 0 fully saturated rings. The highest BCUT2D eigenvalue weighted by Gasteiger charge is 2.09. The molecule has 0 aromatic carbocycles. The number of hydrogen-bond donors (Lipinski definition) is 1. The molecule has 0 rings (SSSR count). The summed E-state index contributed by atoms with van der Waals surface area (Å²) in [7, 11) is -1.70. The van der Waals surface area contributed by atoms with E-state index in [4.69, 9.17) is 16.3 Å². The topological polar surface area (TPSA) is 55.4 Å². The average Bonchev–Trinajstić information content (AvgIpc) is 2.02. The van der Waals surface area contributed by atoms with E-state index in [2.05, 4.69) is 4.72 Å². The number of halogens is 1. The fourth-order valence-corrected chi connectivity index (χ4v) is 1.50. The third-order valence-corrected chi connectivity index (χ3v) is 3.00. The van der Waals surface area contributed by atoms with Crippen LogP contribution in [0.3, 0.4) is 0 Å². The first-order valence-electron chi connectivity index (χ1n) is 3.54. The molecule has 1 N–H and O–H groups in total. The number of methoxy groups -OCH3 is 1. The summed E-state index contributed by atoms with van der Waals surface area (Å²) in [5, 5.41) is -0.396.